The van der Waals surface area contributed by atoms with E-state index in [1.807, 2.05) is 273 Å². The first-order valence-corrected chi connectivity index (χ1v) is 30.5. The van der Waals surface area contributed by atoms with E-state index in [9.17, 15) is 14.4 Å². The average Bonchev–Trinajstić information content (AvgIpc) is 3.76. The van der Waals surface area contributed by atoms with Gasteiger partial charge in [0.1, 0.15) is 0 Å². The van der Waals surface area contributed by atoms with Crippen LogP contribution >= 0.6 is 0 Å². The number of carbonyl (C=O) groups excluding carboxylic acids is 3. The lowest BCUT2D eigenvalue weighted by Crippen LogP contribution is -2.31. The quantitative estimate of drug-likeness (QED) is 0.0246. The van der Waals surface area contributed by atoms with Gasteiger partial charge in [-0.2, -0.15) is 0 Å². The monoisotopic (exact) mass is 1220 g/mol. The van der Waals surface area contributed by atoms with Crippen molar-refractivity contribution in [2.45, 2.75) is 12.8 Å². The molecule has 12 aromatic rings. The molecule has 12 N–H and O–H groups in total. The average molecular weight is 1220 g/mol. The van der Waals surface area contributed by atoms with E-state index >= 15 is 0 Å². The minimum atomic E-state index is -1.03. The Kier molecular flexibility index (Phi) is 19.5. The van der Waals surface area contributed by atoms with Crippen LogP contribution in [0.2, 0.25) is 0 Å². The van der Waals surface area contributed by atoms with E-state index in [0.717, 1.165) is 102 Å². The zero-order chi connectivity index (χ0) is 63.4. The Morgan fingerprint density at radius 2 is 0.323 bits per heavy atom. The van der Waals surface area contributed by atoms with Gasteiger partial charge in [0, 0.05) is 132 Å². The van der Waals surface area contributed by atoms with Crippen LogP contribution in [0.4, 0.5) is 119 Å². The molecule has 0 fully saturated rings. The van der Waals surface area contributed by atoms with E-state index in [2.05, 4.69) is 63.8 Å². The summed E-state index contributed by atoms with van der Waals surface area (Å²) in [5.74, 6) is -2.35. The molecule has 0 radical (unpaired) electrons. The minimum absolute atomic E-state index is 0.259. The van der Waals surface area contributed by atoms with E-state index in [-0.39, 0.29) is 12.8 Å². The van der Waals surface area contributed by atoms with Crippen LogP contribution in [0.1, 0.15) is 12.8 Å². The number of anilines is 21. The first kappa shape index (κ1) is 60.5. The number of benzene rings is 12. The summed E-state index contributed by atoms with van der Waals surface area (Å²) in [6.07, 6.45) is -0.517. The molecule has 0 aromatic heterocycles. The Morgan fingerprint density at radius 3 is 0.495 bits per heavy atom. The molecular formula is C78H68N12O3. The summed E-state index contributed by atoms with van der Waals surface area (Å²) < 4.78 is 0. The second-order valence-corrected chi connectivity index (χ2v) is 22.1. The molecule has 93 heavy (non-hydrogen) atoms. The molecule has 0 spiro atoms. The number of rotatable bonds is 26. The van der Waals surface area contributed by atoms with E-state index in [1.54, 1.807) is 36.4 Å². The topological polar surface area (TPSA) is 196 Å². The SMILES string of the molecule is O=C(CC(CC(=O)Nc1ccc(Nc2ccc(Nc3ccc(Nc4ccccc4)cc3)cc2)cc1)C(=O)Nc1ccc(Nc2ccc(Nc3ccc(Nc4ccccc4)cc3)cc2)cc1)Nc1ccc(Nc2ccc(Nc3ccc(Nc4ccccc4)cc3)cc2)cc1. The lowest BCUT2D eigenvalue weighted by molar-refractivity contribution is -0.127. The standard InChI is InChI=1S/C78H68N12O3/c91-76(88-73-46-40-70(41-47-73)85-67-34-28-64(29-35-67)82-61-22-16-58(17-23-61)79-55-10-4-1-5-11-55)52-54(78(93)90-75-50-44-72(45-51-75)87-69-38-32-66(33-39-69)84-63-26-20-60(21-27-63)81-57-14-8-3-9-15-57)53-77(92)89-74-48-42-71(43-49-74)86-68-36-30-65(31-37-68)83-62-24-18-59(19-25-62)80-56-12-6-2-7-13-56/h1-51,54,79-87H,52-53H2,(H,88,91)(H,89,92)(H,90,93). The Labute approximate surface area is 540 Å². The fourth-order valence-corrected chi connectivity index (χ4v) is 10.2. The van der Waals surface area contributed by atoms with Crippen LogP contribution in [0.15, 0.2) is 309 Å². The summed E-state index contributed by atoms with van der Waals surface area (Å²) in [7, 11) is 0. The molecule has 0 aliphatic heterocycles. The third-order valence-corrected chi connectivity index (χ3v) is 15.0. The number of amides is 3. The van der Waals surface area contributed by atoms with Crippen molar-refractivity contribution in [1.82, 2.24) is 0 Å². The van der Waals surface area contributed by atoms with Gasteiger partial charge in [-0.05, 0) is 255 Å². The Morgan fingerprint density at radius 1 is 0.183 bits per heavy atom. The van der Waals surface area contributed by atoms with Crippen LogP contribution in [0.3, 0.4) is 0 Å². The first-order valence-electron chi connectivity index (χ1n) is 30.5. The van der Waals surface area contributed by atoms with Crippen LogP contribution in [-0.2, 0) is 14.4 Å². The van der Waals surface area contributed by atoms with Crippen molar-refractivity contribution in [2.24, 2.45) is 5.92 Å². The highest BCUT2D eigenvalue weighted by Crippen LogP contribution is 2.30. The minimum Gasteiger partial charge on any atom is -0.356 e. The smallest absolute Gasteiger partial charge is 0.228 e. The number of hydrogen-bond donors (Lipinski definition) is 12. The van der Waals surface area contributed by atoms with Crippen LogP contribution in [-0.4, -0.2) is 17.7 Å². The molecule has 0 unspecified atom stereocenters. The predicted octanol–water partition coefficient (Wildman–Crippen LogP) is 20.0. The molecule has 12 rings (SSSR count). The van der Waals surface area contributed by atoms with Gasteiger partial charge in [-0.3, -0.25) is 14.4 Å². The second kappa shape index (κ2) is 30.0. The Hall–Kier alpha value is -12.8. The van der Waals surface area contributed by atoms with Gasteiger partial charge in [-0.25, -0.2) is 0 Å². The highest BCUT2D eigenvalue weighted by atomic mass is 16.2. The van der Waals surface area contributed by atoms with Crippen molar-refractivity contribution in [2.75, 3.05) is 63.8 Å². The van der Waals surface area contributed by atoms with E-state index in [4.69, 9.17) is 0 Å². The van der Waals surface area contributed by atoms with E-state index in [0.29, 0.717) is 17.1 Å². The third-order valence-electron chi connectivity index (χ3n) is 15.0. The maximum atomic E-state index is 14.2. The van der Waals surface area contributed by atoms with Gasteiger partial charge in [0.2, 0.25) is 17.7 Å². The van der Waals surface area contributed by atoms with E-state index < -0.39 is 23.6 Å². The normalized spacial score (nSPS) is 10.7. The number of nitrogens with one attached hydrogen (secondary N) is 12. The molecule has 12 aromatic carbocycles. The van der Waals surface area contributed by atoms with Crippen molar-refractivity contribution >= 4 is 137 Å². The highest BCUT2D eigenvalue weighted by Gasteiger charge is 2.26. The molecule has 458 valence electrons. The molecule has 3 amide bonds. The summed E-state index contributed by atoms with van der Waals surface area (Å²) in [5, 5.41) is 39.7. The first-order chi connectivity index (χ1) is 45.6. The molecule has 0 heterocycles. The molecule has 15 heteroatoms. The summed E-state index contributed by atoms with van der Waals surface area (Å²) in [4.78, 5) is 41.8. The van der Waals surface area contributed by atoms with Gasteiger partial charge in [0.05, 0.1) is 5.92 Å². The van der Waals surface area contributed by atoms with Gasteiger partial charge in [0.25, 0.3) is 0 Å². The van der Waals surface area contributed by atoms with Gasteiger partial charge in [-0.1, -0.05) is 54.6 Å². The number of carbonyl (C=O) groups is 3. The van der Waals surface area contributed by atoms with Crippen LogP contribution in [0.25, 0.3) is 0 Å². The van der Waals surface area contributed by atoms with Crippen molar-refractivity contribution in [3.63, 3.8) is 0 Å². The Bertz CT molecular complexity index is 4170. The molecule has 0 aliphatic rings. The van der Waals surface area contributed by atoms with Crippen molar-refractivity contribution in [3.05, 3.63) is 309 Å². The number of para-hydroxylation sites is 3. The zero-order valence-corrected chi connectivity index (χ0v) is 50.7. The summed E-state index contributed by atoms with van der Waals surface area (Å²) in [6, 6.07) is 100. The maximum absolute atomic E-state index is 14.2. The maximum Gasteiger partial charge on any atom is 0.228 e. The molecule has 15 nitrogen and oxygen atoms in total. The largest absolute Gasteiger partial charge is 0.356 e. The molecular weight excluding hydrogens is 1150 g/mol. The fraction of sp³-hybridized carbons (Fsp3) is 0.0385. The molecule has 0 aliphatic carbocycles. The lowest BCUT2D eigenvalue weighted by atomic mass is 9.98. The van der Waals surface area contributed by atoms with Gasteiger partial charge in [-0.15, -0.1) is 0 Å². The van der Waals surface area contributed by atoms with Crippen LogP contribution < -0.4 is 63.8 Å². The van der Waals surface area contributed by atoms with Crippen LogP contribution in [0.5, 0.6) is 0 Å². The van der Waals surface area contributed by atoms with Crippen molar-refractivity contribution < 1.29 is 14.4 Å². The van der Waals surface area contributed by atoms with Crippen molar-refractivity contribution in [3.8, 4) is 0 Å². The number of hydrogen-bond acceptors (Lipinski definition) is 12. The molecule has 0 bridgehead atoms. The highest BCUT2D eigenvalue weighted by molar-refractivity contribution is 6.02. The van der Waals surface area contributed by atoms with Gasteiger partial charge in [0.15, 0.2) is 0 Å². The second-order valence-electron chi connectivity index (χ2n) is 22.1. The molecule has 0 saturated carbocycles. The Balaban J connectivity index is 0.644. The zero-order valence-electron chi connectivity index (χ0n) is 50.7. The molecule has 0 atom stereocenters. The summed E-state index contributed by atoms with van der Waals surface area (Å²) in [6.45, 7) is 0. The lowest BCUT2D eigenvalue weighted by Gasteiger charge is -2.17. The molecule has 0 saturated heterocycles. The summed E-state index contributed by atoms with van der Waals surface area (Å²) >= 11 is 0. The predicted molar refractivity (Wildman–Crippen MR) is 385 cm³/mol. The fourth-order valence-electron chi connectivity index (χ4n) is 10.2. The van der Waals surface area contributed by atoms with Gasteiger partial charge >= 0.3 is 0 Å². The van der Waals surface area contributed by atoms with E-state index in [1.165, 1.54) is 0 Å². The van der Waals surface area contributed by atoms with Gasteiger partial charge < -0.3 is 63.8 Å². The summed E-state index contributed by atoms with van der Waals surface area (Å²) in [5.41, 5.74) is 18.4. The third kappa shape index (κ3) is 18.2. The van der Waals surface area contributed by atoms with Crippen molar-refractivity contribution in [1.29, 1.82) is 0 Å². The van der Waals surface area contributed by atoms with Crippen LogP contribution in [0, 0.1) is 5.92 Å².